The van der Waals surface area contributed by atoms with Crippen molar-refractivity contribution < 1.29 is 9.72 Å². The molecule has 1 aromatic heterocycles. The number of carbonyl (C=O) groups is 1. The molecule has 2 heterocycles. The molecule has 0 saturated heterocycles. The van der Waals surface area contributed by atoms with E-state index in [0.717, 1.165) is 35.3 Å². The SMILES string of the molecule is Nn1cc(-c2ccccc2)nc1SCC(=O)N1CCCc2cc([N+](=O)[O-])ccc21. The maximum atomic E-state index is 12.8. The zero-order chi connectivity index (χ0) is 20.4. The molecule has 3 aromatic rings. The molecule has 148 valence electrons. The molecule has 0 unspecified atom stereocenters. The molecule has 9 heteroatoms. The highest BCUT2D eigenvalue weighted by atomic mass is 32.2. The Bertz CT molecular complexity index is 1070. The van der Waals surface area contributed by atoms with E-state index < -0.39 is 4.92 Å². The van der Waals surface area contributed by atoms with Crippen LogP contribution in [-0.4, -0.2) is 32.8 Å². The Morgan fingerprint density at radius 1 is 1.24 bits per heavy atom. The van der Waals surface area contributed by atoms with E-state index in [9.17, 15) is 14.9 Å². The van der Waals surface area contributed by atoms with E-state index in [0.29, 0.717) is 11.7 Å². The van der Waals surface area contributed by atoms with Crippen molar-refractivity contribution in [1.29, 1.82) is 0 Å². The van der Waals surface area contributed by atoms with Gasteiger partial charge in [0.1, 0.15) is 0 Å². The minimum absolute atomic E-state index is 0.0472. The van der Waals surface area contributed by atoms with Crippen LogP contribution in [0.1, 0.15) is 12.0 Å². The fourth-order valence-electron chi connectivity index (χ4n) is 3.39. The van der Waals surface area contributed by atoms with Crippen molar-refractivity contribution in [3.63, 3.8) is 0 Å². The van der Waals surface area contributed by atoms with Crippen LogP contribution in [-0.2, 0) is 11.2 Å². The Morgan fingerprint density at radius 2 is 2.03 bits per heavy atom. The number of nitro groups is 1. The molecule has 0 atom stereocenters. The van der Waals surface area contributed by atoms with E-state index in [1.54, 1.807) is 23.2 Å². The van der Waals surface area contributed by atoms with E-state index >= 15 is 0 Å². The molecular formula is C20H19N5O3S. The van der Waals surface area contributed by atoms with Crippen molar-refractivity contribution in [3.8, 4) is 11.3 Å². The summed E-state index contributed by atoms with van der Waals surface area (Å²) in [5.74, 6) is 6.11. The molecule has 0 bridgehead atoms. The summed E-state index contributed by atoms with van der Waals surface area (Å²) in [5.41, 5.74) is 3.32. The second-order valence-electron chi connectivity index (χ2n) is 6.69. The number of hydrogen-bond donors (Lipinski definition) is 1. The highest BCUT2D eigenvalue weighted by molar-refractivity contribution is 7.99. The van der Waals surface area contributed by atoms with Crippen LogP contribution in [0.3, 0.4) is 0 Å². The van der Waals surface area contributed by atoms with E-state index in [1.165, 1.54) is 22.5 Å². The van der Waals surface area contributed by atoms with Crippen molar-refractivity contribution in [2.45, 2.75) is 18.0 Å². The number of thioether (sulfide) groups is 1. The van der Waals surface area contributed by atoms with Crippen LogP contribution in [0.5, 0.6) is 0 Å². The number of carbonyl (C=O) groups excluding carboxylic acids is 1. The Morgan fingerprint density at radius 3 is 2.79 bits per heavy atom. The number of nitrogen functional groups attached to an aromatic ring is 1. The number of imidazole rings is 1. The molecule has 0 aliphatic carbocycles. The number of nitrogens with two attached hydrogens (primary N) is 1. The fourth-order valence-corrected chi connectivity index (χ4v) is 4.16. The molecule has 8 nitrogen and oxygen atoms in total. The first kappa shape index (κ1) is 19.0. The lowest BCUT2D eigenvalue weighted by atomic mass is 10.0. The normalized spacial score (nSPS) is 13.2. The predicted octanol–water partition coefficient (Wildman–Crippen LogP) is 3.24. The van der Waals surface area contributed by atoms with E-state index in [4.69, 9.17) is 5.84 Å². The summed E-state index contributed by atoms with van der Waals surface area (Å²) < 4.78 is 1.42. The number of fused-ring (bicyclic) bond motifs is 1. The Kier molecular flexibility index (Phi) is 5.22. The van der Waals surface area contributed by atoms with Gasteiger partial charge in [0, 0.05) is 29.9 Å². The number of anilines is 1. The number of aryl methyl sites for hydroxylation is 1. The van der Waals surface area contributed by atoms with Crippen molar-refractivity contribution >= 4 is 29.0 Å². The van der Waals surface area contributed by atoms with Crippen molar-refractivity contribution in [3.05, 3.63) is 70.4 Å². The number of aromatic nitrogens is 2. The van der Waals surface area contributed by atoms with Gasteiger partial charge in [-0.05, 0) is 24.5 Å². The molecular weight excluding hydrogens is 390 g/mol. The van der Waals surface area contributed by atoms with E-state index in [2.05, 4.69) is 4.98 Å². The molecule has 4 rings (SSSR count). The summed E-state index contributed by atoms with van der Waals surface area (Å²) in [6, 6.07) is 14.3. The first-order chi connectivity index (χ1) is 14.0. The van der Waals surface area contributed by atoms with Gasteiger partial charge in [-0.15, -0.1) is 0 Å². The second-order valence-corrected chi connectivity index (χ2v) is 7.63. The van der Waals surface area contributed by atoms with Crippen LogP contribution in [0, 0.1) is 10.1 Å². The van der Waals surface area contributed by atoms with E-state index in [1.807, 2.05) is 30.3 Å². The number of rotatable bonds is 5. The van der Waals surface area contributed by atoms with Crippen LogP contribution in [0.2, 0.25) is 0 Å². The first-order valence-corrected chi connectivity index (χ1v) is 10.1. The molecule has 2 N–H and O–H groups in total. The monoisotopic (exact) mass is 409 g/mol. The van der Waals surface area contributed by atoms with Gasteiger partial charge in [-0.2, -0.15) is 0 Å². The third-order valence-electron chi connectivity index (χ3n) is 4.79. The summed E-state index contributed by atoms with van der Waals surface area (Å²) in [6.45, 7) is 0.594. The van der Waals surface area contributed by atoms with Gasteiger partial charge >= 0.3 is 0 Å². The lowest BCUT2D eigenvalue weighted by molar-refractivity contribution is -0.384. The molecule has 1 amide bonds. The minimum atomic E-state index is -0.414. The Hall–Kier alpha value is -3.33. The molecule has 1 aliphatic rings. The minimum Gasteiger partial charge on any atom is -0.337 e. The quantitative estimate of drug-likeness (QED) is 0.300. The number of hydrogen-bond acceptors (Lipinski definition) is 6. The van der Waals surface area contributed by atoms with Crippen LogP contribution in [0.4, 0.5) is 11.4 Å². The van der Waals surface area contributed by atoms with Crippen molar-refractivity contribution in [1.82, 2.24) is 9.66 Å². The number of amides is 1. The molecule has 1 aliphatic heterocycles. The number of nitro benzene ring substituents is 1. The Labute approximate surface area is 171 Å². The second kappa shape index (κ2) is 7.96. The molecule has 2 aromatic carbocycles. The van der Waals surface area contributed by atoms with Gasteiger partial charge < -0.3 is 10.7 Å². The summed E-state index contributed by atoms with van der Waals surface area (Å²) in [4.78, 5) is 29.6. The zero-order valence-corrected chi connectivity index (χ0v) is 16.3. The number of nitrogens with zero attached hydrogens (tertiary/aromatic N) is 4. The van der Waals surface area contributed by atoms with Crippen LogP contribution >= 0.6 is 11.8 Å². The van der Waals surface area contributed by atoms with Gasteiger partial charge in [-0.3, -0.25) is 14.9 Å². The summed E-state index contributed by atoms with van der Waals surface area (Å²) in [7, 11) is 0. The maximum Gasteiger partial charge on any atom is 0.269 e. The largest absolute Gasteiger partial charge is 0.337 e. The maximum absolute atomic E-state index is 12.8. The smallest absolute Gasteiger partial charge is 0.269 e. The predicted molar refractivity (Wildman–Crippen MR) is 112 cm³/mol. The first-order valence-electron chi connectivity index (χ1n) is 9.13. The zero-order valence-electron chi connectivity index (χ0n) is 15.5. The lowest BCUT2D eigenvalue weighted by Gasteiger charge is -2.29. The van der Waals surface area contributed by atoms with Gasteiger partial charge in [-0.25, -0.2) is 9.66 Å². The molecule has 29 heavy (non-hydrogen) atoms. The van der Waals surface area contributed by atoms with Gasteiger partial charge in [0.2, 0.25) is 5.91 Å². The van der Waals surface area contributed by atoms with Crippen LogP contribution in [0.25, 0.3) is 11.3 Å². The molecule has 0 fully saturated rings. The average molecular weight is 409 g/mol. The molecule has 0 spiro atoms. The summed E-state index contributed by atoms with van der Waals surface area (Å²) in [5, 5.41) is 11.6. The molecule has 0 saturated carbocycles. The van der Waals surface area contributed by atoms with Gasteiger partial charge in [0.15, 0.2) is 5.16 Å². The van der Waals surface area contributed by atoms with Crippen LogP contribution < -0.4 is 10.7 Å². The fraction of sp³-hybridized carbons (Fsp3) is 0.200. The highest BCUT2D eigenvalue weighted by Crippen LogP contribution is 2.31. The molecule has 0 radical (unpaired) electrons. The third kappa shape index (κ3) is 3.95. The topological polar surface area (TPSA) is 107 Å². The van der Waals surface area contributed by atoms with Crippen molar-refractivity contribution in [2.24, 2.45) is 0 Å². The van der Waals surface area contributed by atoms with E-state index in [-0.39, 0.29) is 17.3 Å². The number of benzene rings is 2. The number of non-ortho nitro benzene ring substituents is 1. The average Bonchev–Trinajstić information content (AvgIpc) is 3.12. The lowest BCUT2D eigenvalue weighted by Crippen LogP contribution is -2.36. The summed E-state index contributed by atoms with van der Waals surface area (Å²) in [6.07, 6.45) is 3.23. The van der Waals surface area contributed by atoms with Crippen LogP contribution in [0.15, 0.2) is 59.9 Å². The third-order valence-corrected chi connectivity index (χ3v) is 5.74. The highest BCUT2D eigenvalue weighted by Gasteiger charge is 2.25. The summed E-state index contributed by atoms with van der Waals surface area (Å²) >= 11 is 1.27. The van der Waals surface area contributed by atoms with Crippen molar-refractivity contribution in [2.75, 3.05) is 23.0 Å². The van der Waals surface area contributed by atoms with Gasteiger partial charge in [-0.1, -0.05) is 42.1 Å². The van der Waals surface area contributed by atoms with Gasteiger partial charge in [0.25, 0.3) is 5.69 Å². The standard InChI is InChI=1S/C20H19N5O3S/c21-24-12-17(14-5-2-1-3-6-14)22-20(24)29-13-19(26)23-10-4-7-15-11-16(25(27)28)8-9-18(15)23/h1-3,5-6,8-9,11-12H,4,7,10,13,21H2. The van der Waals surface area contributed by atoms with Gasteiger partial charge in [0.05, 0.1) is 22.6 Å². The Balaban J connectivity index is 1.48.